The first-order valence-corrected chi connectivity index (χ1v) is 28.6. The molecular formula is C58H111NO5. The van der Waals surface area contributed by atoms with Crippen molar-refractivity contribution in [2.75, 3.05) is 13.2 Å². The van der Waals surface area contributed by atoms with Gasteiger partial charge < -0.3 is 20.3 Å². The molecule has 2 unspecified atom stereocenters. The first-order chi connectivity index (χ1) is 31.5. The van der Waals surface area contributed by atoms with E-state index in [9.17, 15) is 19.8 Å². The molecule has 0 saturated heterocycles. The average molecular weight is 903 g/mol. The second kappa shape index (κ2) is 54.0. The molecule has 0 saturated carbocycles. The predicted octanol–water partition coefficient (Wildman–Crippen LogP) is 17.5. The maximum atomic E-state index is 12.4. The Kier molecular flexibility index (Phi) is 52.6. The number of carbonyl (C=O) groups excluding carboxylic acids is 2. The van der Waals surface area contributed by atoms with Crippen molar-refractivity contribution in [3.63, 3.8) is 0 Å². The lowest BCUT2D eigenvalue weighted by Gasteiger charge is -2.20. The van der Waals surface area contributed by atoms with Crippen LogP contribution >= 0.6 is 0 Å². The van der Waals surface area contributed by atoms with Gasteiger partial charge in [0, 0.05) is 12.8 Å². The van der Waals surface area contributed by atoms with E-state index in [1.807, 2.05) is 6.08 Å². The van der Waals surface area contributed by atoms with Gasteiger partial charge in [0.25, 0.3) is 0 Å². The summed E-state index contributed by atoms with van der Waals surface area (Å²) in [6.45, 7) is 4.88. The second-order valence-electron chi connectivity index (χ2n) is 19.6. The van der Waals surface area contributed by atoms with Gasteiger partial charge in [0.15, 0.2) is 0 Å². The molecule has 2 atom stereocenters. The number of hydrogen-bond acceptors (Lipinski definition) is 5. The number of amides is 1. The van der Waals surface area contributed by atoms with Gasteiger partial charge in [-0.3, -0.25) is 9.59 Å². The molecule has 0 aliphatic carbocycles. The van der Waals surface area contributed by atoms with Gasteiger partial charge >= 0.3 is 5.97 Å². The summed E-state index contributed by atoms with van der Waals surface area (Å²) in [5, 5.41) is 23.0. The van der Waals surface area contributed by atoms with Crippen LogP contribution in [0.2, 0.25) is 0 Å². The smallest absolute Gasteiger partial charge is 0.305 e. The van der Waals surface area contributed by atoms with Crippen molar-refractivity contribution in [2.45, 2.75) is 321 Å². The summed E-state index contributed by atoms with van der Waals surface area (Å²) in [6.07, 6.45) is 64.9. The van der Waals surface area contributed by atoms with E-state index in [4.69, 9.17) is 4.74 Å². The maximum absolute atomic E-state index is 12.4. The Morgan fingerprint density at radius 1 is 0.422 bits per heavy atom. The van der Waals surface area contributed by atoms with Gasteiger partial charge in [0.2, 0.25) is 5.91 Å². The van der Waals surface area contributed by atoms with E-state index in [1.54, 1.807) is 6.08 Å². The number of nitrogens with one attached hydrogen (secondary N) is 1. The number of aliphatic hydroxyl groups is 2. The summed E-state index contributed by atoms with van der Waals surface area (Å²) in [5.41, 5.74) is 0. The summed E-state index contributed by atoms with van der Waals surface area (Å²) >= 11 is 0. The summed E-state index contributed by atoms with van der Waals surface area (Å²) in [7, 11) is 0. The van der Waals surface area contributed by atoms with E-state index >= 15 is 0 Å². The van der Waals surface area contributed by atoms with Crippen LogP contribution in [0.5, 0.6) is 0 Å². The fraction of sp³-hybridized carbons (Fsp3) is 0.897. The molecule has 0 aliphatic heterocycles. The van der Waals surface area contributed by atoms with E-state index in [1.165, 1.54) is 218 Å². The lowest BCUT2D eigenvalue weighted by Crippen LogP contribution is -2.45. The van der Waals surface area contributed by atoms with Crippen LogP contribution in [0.4, 0.5) is 0 Å². The van der Waals surface area contributed by atoms with Crippen molar-refractivity contribution >= 4 is 11.9 Å². The van der Waals surface area contributed by atoms with Crippen molar-refractivity contribution in [3.05, 3.63) is 24.3 Å². The second-order valence-corrected chi connectivity index (χ2v) is 19.6. The molecule has 0 rings (SSSR count). The number of unbranched alkanes of at least 4 members (excludes halogenated alkanes) is 40. The monoisotopic (exact) mass is 902 g/mol. The van der Waals surface area contributed by atoms with Crippen LogP contribution in [-0.2, 0) is 14.3 Å². The molecule has 0 radical (unpaired) electrons. The summed E-state index contributed by atoms with van der Waals surface area (Å²) < 4.78 is 5.49. The number of rotatable bonds is 53. The topological polar surface area (TPSA) is 95.9 Å². The van der Waals surface area contributed by atoms with Crippen LogP contribution in [0.3, 0.4) is 0 Å². The van der Waals surface area contributed by atoms with Crippen molar-refractivity contribution < 1.29 is 24.5 Å². The normalized spacial score (nSPS) is 12.8. The molecule has 378 valence electrons. The molecule has 0 aromatic carbocycles. The number of aliphatic hydroxyl groups excluding tert-OH is 2. The Morgan fingerprint density at radius 3 is 1.11 bits per heavy atom. The van der Waals surface area contributed by atoms with E-state index in [-0.39, 0.29) is 18.5 Å². The summed E-state index contributed by atoms with van der Waals surface area (Å²) in [6, 6.07) is -0.638. The minimum absolute atomic E-state index is 0.000790. The van der Waals surface area contributed by atoms with Gasteiger partial charge in [0.1, 0.15) is 0 Å². The van der Waals surface area contributed by atoms with Crippen LogP contribution in [0.15, 0.2) is 24.3 Å². The fourth-order valence-electron chi connectivity index (χ4n) is 8.81. The Labute approximate surface area is 399 Å². The van der Waals surface area contributed by atoms with Gasteiger partial charge in [-0.05, 0) is 57.8 Å². The SMILES string of the molecule is CCCCCCCCCCCC/C=C/C(O)C(CO)NC(=O)CCCCCCC/C=C\CCCCCCCCCOC(=O)CCCCCCCCCCCCCCCCCCCCC. The standard InChI is InChI=1S/C58H111NO5/c1-3-5-7-9-11-13-15-17-18-19-20-21-25-28-32-36-40-44-48-52-58(63)64-53-49-45-41-37-33-29-26-23-22-24-27-31-35-39-43-47-51-57(62)59-55(54-60)56(61)50-46-42-38-34-30-16-14-12-10-8-6-4-2/h22,24,46,50,55-56,60-61H,3-21,23,25-45,47-49,51-54H2,1-2H3,(H,59,62)/b24-22-,50-46+. The molecule has 6 nitrogen and oxygen atoms in total. The molecule has 64 heavy (non-hydrogen) atoms. The lowest BCUT2D eigenvalue weighted by molar-refractivity contribution is -0.143. The molecular weight excluding hydrogens is 791 g/mol. The molecule has 3 N–H and O–H groups in total. The average Bonchev–Trinajstić information content (AvgIpc) is 3.29. The van der Waals surface area contributed by atoms with Crippen molar-refractivity contribution in [1.82, 2.24) is 5.32 Å². The number of hydrogen-bond donors (Lipinski definition) is 3. The van der Waals surface area contributed by atoms with Gasteiger partial charge in [-0.2, -0.15) is 0 Å². The zero-order valence-electron chi connectivity index (χ0n) is 43.0. The quantitative estimate of drug-likeness (QED) is 0.0321. The Morgan fingerprint density at radius 2 is 0.734 bits per heavy atom. The highest BCUT2D eigenvalue weighted by Gasteiger charge is 2.18. The van der Waals surface area contributed by atoms with Crippen molar-refractivity contribution in [2.24, 2.45) is 0 Å². The first-order valence-electron chi connectivity index (χ1n) is 28.6. The van der Waals surface area contributed by atoms with Crippen LogP contribution in [0.25, 0.3) is 0 Å². The molecule has 6 heteroatoms. The maximum Gasteiger partial charge on any atom is 0.305 e. The van der Waals surface area contributed by atoms with E-state index < -0.39 is 12.1 Å². The van der Waals surface area contributed by atoms with Crippen molar-refractivity contribution in [3.8, 4) is 0 Å². The summed E-state index contributed by atoms with van der Waals surface area (Å²) in [4.78, 5) is 24.5. The number of esters is 1. The van der Waals surface area contributed by atoms with E-state index in [2.05, 4.69) is 31.3 Å². The highest BCUT2D eigenvalue weighted by Crippen LogP contribution is 2.17. The van der Waals surface area contributed by atoms with Gasteiger partial charge in [-0.1, -0.05) is 263 Å². The molecule has 0 heterocycles. The molecule has 0 aromatic rings. The third kappa shape index (κ3) is 49.8. The summed E-state index contributed by atoms with van der Waals surface area (Å²) in [5.74, 6) is -0.0844. The van der Waals surface area contributed by atoms with Crippen molar-refractivity contribution in [1.29, 1.82) is 0 Å². The van der Waals surface area contributed by atoms with E-state index in [0.717, 1.165) is 64.2 Å². The first kappa shape index (κ1) is 62.3. The third-order valence-electron chi connectivity index (χ3n) is 13.2. The Hall–Kier alpha value is -1.66. The highest BCUT2D eigenvalue weighted by atomic mass is 16.5. The third-order valence-corrected chi connectivity index (χ3v) is 13.2. The predicted molar refractivity (Wildman–Crippen MR) is 278 cm³/mol. The van der Waals surface area contributed by atoms with Gasteiger partial charge in [-0.15, -0.1) is 0 Å². The minimum Gasteiger partial charge on any atom is -0.466 e. The molecule has 0 spiro atoms. The Balaban J connectivity index is 3.44. The Bertz CT molecular complexity index is 997. The van der Waals surface area contributed by atoms with Gasteiger partial charge in [-0.25, -0.2) is 0 Å². The van der Waals surface area contributed by atoms with Gasteiger partial charge in [0.05, 0.1) is 25.4 Å². The van der Waals surface area contributed by atoms with Crippen LogP contribution < -0.4 is 5.32 Å². The number of allylic oxidation sites excluding steroid dienone is 3. The molecule has 0 fully saturated rings. The van der Waals surface area contributed by atoms with Crippen LogP contribution in [0, 0.1) is 0 Å². The number of ether oxygens (including phenoxy) is 1. The highest BCUT2D eigenvalue weighted by molar-refractivity contribution is 5.76. The zero-order chi connectivity index (χ0) is 46.5. The molecule has 1 amide bonds. The molecule has 0 aromatic heterocycles. The van der Waals surface area contributed by atoms with Crippen LogP contribution in [0.1, 0.15) is 309 Å². The lowest BCUT2D eigenvalue weighted by atomic mass is 10.0. The van der Waals surface area contributed by atoms with Crippen LogP contribution in [-0.4, -0.2) is 47.4 Å². The fourth-order valence-corrected chi connectivity index (χ4v) is 8.81. The largest absolute Gasteiger partial charge is 0.466 e. The number of carbonyl (C=O) groups is 2. The van der Waals surface area contributed by atoms with E-state index in [0.29, 0.717) is 19.4 Å². The molecule has 0 aliphatic rings. The minimum atomic E-state index is -0.853. The molecule has 0 bridgehead atoms. The zero-order valence-corrected chi connectivity index (χ0v) is 43.0.